The summed E-state index contributed by atoms with van der Waals surface area (Å²) >= 11 is 1.22. The van der Waals surface area contributed by atoms with E-state index in [0.29, 0.717) is 17.5 Å². The maximum atomic E-state index is 11.7. The highest BCUT2D eigenvalue weighted by Crippen LogP contribution is 2.19. The van der Waals surface area contributed by atoms with Crippen LogP contribution in [0.5, 0.6) is 0 Å². The number of likely N-dealkylation sites (N-methyl/N-ethyl adjacent to an activating group) is 1. The van der Waals surface area contributed by atoms with Gasteiger partial charge in [0, 0.05) is 12.1 Å². The molecular weight excluding hydrogens is 326 g/mol. The number of benzene rings is 1. The quantitative estimate of drug-likeness (QED) is 0.627. The number of carbonyl (C=O) groups excluding carboxylic acids is 2. The van der Waals surface area contributed by atoms with Gasteiger partial charge in [-0.2, -0.15) is 0 Å². The summed E-state index contributed by atoms with van der Waals surface area (Å²) in [6, 6.07) is 8.10. The molecule has 0 saturated carbocycles. The van der Waals surface area contributed by atoms with E-state index in [0.717, 1.165) is 12.0 Å². The summed E-state index contributed by atoms with van der Waals surface area (Å²) in [6.07, 6.45) is 0.989. The maximum absolute atomic E-state index is 11.7. The van der Waals surface area contributed by atoms with Gasteiger partial charge in [-0.25, -0.2) is 4.98 Å². The van der Waals surface area contributed by atoms with Crippen LogP contribution < -0.4 is 10.6 Å². The Hall–Kier alpha value is -2.35. The Kier molecular flexibility index (Phi) is 6.80. The summed E-state index contributed by atoms with van der Waals surface area (Å²) in [5.41, 5.74) is 2.21. The zero-order valence-electron chi connectivity index (χ0n) is 13.8. The van der Waals surface area contributed by atoms with E-state index in [-0.39, 0.29) is 24.1 Å². The number of nitrogens with zero attached hydrogens (tertiary/aromatic N) is 2. The van der Waals surface area contributed by atoms with Gasteiger partial charge in [0.15, 0.2) is 5.82 Å². The van der Waals surface area contributed by atoms with E-state index < -0.39 is 0 Å². The van der Waals surface area contributed by atoms with Gasteiger partial charge in [0.2, 0.25) is 17.0 Å². The fourth-order valence-corrected chi connectivity index (χ4v) is 2.59. The molecule has 0 fully saturated rings. The molecule has 0 radical (unpaired) electrons. The van der Waals surface area contributed by atoms with E-state index in [1.165, 1.54) is 17.3 Å². The van der Waals surface area contributed by atoms with Crippen molar-refractivity contribution in [3.63, 3.8) is 0 Å². The van der Waals surface area contributed by atoms with E-state index >= 15 is 0 Å². The zero-order chi connectivity index (χ0) is 17.4. The Bertz CT molecular complexity index is 684. The van der Waals surface area contributed by atoms with Crippen molar-refractivity contribution in [1.29, 1.82) is 0 Å². The van der Waals surface area contributed by atoms with Crippen LogP contribution in [-0.2, 0) is 16.0 Å². The number of rotatable bonds is 8. The van der Waals surface area contributed by atoms with Crippen LogP contribution in [0.4, 0.5) is 0 Å². The average Bonchev–Trinajstić information content (AvgIpc) is 3.07. The lowest BCUT2D eigenvalue weighted by atomic mass is 10.1. The normalized spacial score (nSPS) is 10.4. The molecule has 8 heteroatoms. The van der Waals surface area contributed by atoms with Crippen LogP contribution in [0.15, 0.2) is 29.4 Å². The van der Waals surface area contributed by atoms with Crippen molar-refractivity contribution < 1.29 is 9.59 Å². The van der Waals surface area contributed by atoms with E-state index in [1.54, 1.807) is 0 Å². The highest BCUT2D eigenvalue weighted by atomic mass is 32.2. The summed E-state index contributed by atoms with van der Waals surface area (Å²) in [5.74, 6) is 0.394. The number of nitrogens with one attached hydrogen (secondary N) is 3. The first-order valence-corrected chi connectivity index (χ1v) is 8.78. The fraction of sp³-hybridized carbons (Fsp3) is 0.375. The Morgan fingerprint density at radius 3 is 2.54 bits per heavy atom. The average molecular weight is 347 g/mol. The van der Waals surface area contributed by atoms with Crippen LogP contribution in [0, 0.1) is 0 Å². The number of aryl methyl sites for hydroxylation is 1. The largest absolute Gasteiger partial charge is 0.355 e. The van der Waals surface area contributed by atoms with E-state index in [2.05, 4.69) is 44.9 Å². The van der Waals surface area contributed by atoms with E-state index in [4.69, 9.17) is 0 Å². The Labute approximate surface area is 145 Å². The minimum absolute atomic E-state index is 0.0176. The van der Waals surface area contributed by atoms with Gasteiger partial charge in [0.1, 0.15) is 0 Å². The molecule has 0 atom stereocenters. The molecule has 2 rings (SSSR count). The first-order valence-electron chi connectivity index (χ1n) is 7.80. The van der Waals surface area contributed by atoms with Crippen LogP contribution in [0.1, 0.15) is 19.4 Å². The first-order chi connectivity index (χ1) is 11.6. The zero-order valence-corrected chi connectivity index (χ0v) is 14.6. The van der Waals surface area contributed by atoms with Crippen molar-refractivity contribution >= 4 is 23.6 Å². The molecule has 0 bridgehead atoms. The van der Waals surface area contributed by atoms with Gasteiger partial charge >= 0.3 is 0 Å². The van der Waals surface area contributed by atoms with Crippen molar-refractivity contribution in [3.05, 3.63) is 29.8 Å². The topological polar surface area (TPSA) is 99.8 Å². The third-order valence-corrected chi connectivity index (χ3v) is 4.10. The molecule has 24 heavy (non-hydrogen) atoms. The monoisotopic (exact) mass is 347 g/mol. The molecule has 0 aliphatic rings. The summed E-state index contributed by atoms with van der Waals surface area (Å²) in [7, 11) is 0. The number of aromatic amines is 1. The van der Waals surface area contributed by atoms with Crippen LogP contribution in [-0.4, -0.2) is 45.8 Å². The number of amides is 2. The highest BCUT2D eigenvalue weighted by Gasteiger charge is 2.10. The molecule has 0 spiro atoms. The number of aromatic nitrogens is 3. The number of H-pyrrole nitrogens is 1. The first kappa shape index (κ1) is 18.0. The van der Waals surface area contributed by atoms with Crippen molar-refractivity contribution in [2.24, 2.45) is 0 Å². The van der Waals surface area contributed by atoms with Crippen molar-refractivity contribution in [2.75, 3.05) is 18.8 Å². The lowest BCUT2D eigenvalue weighted by molar-refractivity contribution is -0.124. The van der Waals surface area contributed by atoms with Gasteiger partial charge in [-0.1, -0.05) is 43.0 Å². The number of carbonyl (C=O) groups is 2. The van der Waals surface area contributed by atoms with E-state index in [9.17, 15) is 9.59 Å². The van der Waals surface area contributed by atoms with Crippen molar-refractivity contribution in [3.8, 4) is 11.4 Å². The summed E-state index contributed by atoms with van der Waals surface area (Å²) < 4.78 is 0. The smallest absolute Gasteiger partial charge is 0.239 e. The lowest BCUT2D eigenvalue weighted by Crippen LogP contribution is -2.37. The second kappa shape index (κ2) is 9.07. The van der Waals surface area contributed by atoms with Gasteiger partial charge < -0.3 is 10.6 Å². The van der Waals surface area contributed by atoms with E-state index in [1.807, 2.05) is 19.1 Å². The molecule has 0 aliphatic heterocycles. The fourth-order valence-electron chi connectivity index (χ4n) is 1.96. The molecule has 0 unspecified atom stereocenters. The SMILES string of the molecule is CCNC(=O)CNC(=O)CSc1n[nH]c(-c2ccc(CC)cc2)n1. The van der Waals surface area contributed by atoms with Gasteiger partial charge in [0.05, 0.1) is 12.3 Å². The van der Waals surface area contributed by atoms with Crippen LogP contribution in [0.25, 0.3) is 11.4 Å². The van der Waals surface area contributed by atoms with Crippen LogP contribution in [0.3, 0.4) is 0 Å². The molecule has 7 nitrogen and oxygen atoms in total. The summed E-state index contributed by atoms with van der Waals surface area (Å²) in [4.78, 5) is 27.3. The molecule has 1 aromatic carbocycles. The minimum Gasteiger partial charge on any atom is -0.355 e. The molecule has 0 saturated heterocycles. The van der Waals surface area contributed by atoms with Gasteiger partial charge in [-0.05, 0) is 18.9 Å². The predicted molar refractivity (Wildman–Crippen MR) is 93.6 cm³/mol. The molecule has 128 valence electrons. The molecule has 0 aliphatic carbocycles. The molecule has 2 aromatic rings. The minimum atomic E-state index is -0.232. The van der Waals surface area contributed by atoms with Crippen LogP contribution in [0.2, 0.25) is 0 Å². The Morgan fingerprint density at radius 1 is 1.12 bits per heavy atom. The third kappa shape index (κ3) is 5.38. The number of hydrogen-bond acceptors (Lipinski definition) is 5. The number of hydrogen-bond donors (Lipinski definition) is 3. The Morgan fingerprint density at radius 2 is 1.88 bits per heavy atom. The lowest BCUT2D eigenvalue weighted by Gasteiger charge is -2.03. The molecule has 2 amide bonds. The summed E-state index contributed by atoms with van der Waals surface area (Å²) in [6.45, 7) is 4.46. The van der Waals surface area contributed by atoms with Gasteiger partial charge in [-0.3, -0.25) is 14.7 Å². The number of thioether (sulfide) groups is 1. The summed E-state index contributed by atoms with van der Waals surface area (Å²) in [5, 5.41) is 12.6. The Balaban J connectivity index is 1.82. The predicted octanol–water partition coefficient (Wildman–Crippen LogP) is 1.38. The van der Waals surface area contributed by atoms with Crippen LogP contribution >= 0.6 is 11.8 Å². The molecule has 3 N–H and O–H groups in total. The molecular formula is C16H21N5O2S. The van der Waals surface area contributed by atoms with Crippen molar-refractivity contribution in [1.82, 2.24) is 25.8 Å². The van der Waals surface area contributed by atoms with Gasteiger partial charge in [-0.15, -0.1) is 5.10 Å². The second-order valence-corrected chi connectivity index (χ2v) is 5.98. The highest BCUT2D eigenvalue weighted by molar-refractivity contribution is 7.99. The maximum Gasteiger partial charge on any atom is 0.239 e. The third-order valence-electron chi connectivity index (χ3n) is 3.25. The second-order valence-electron chi connectivity index (χ2n) is 5.04. The van der Waals surface area contributed by atoms with Gasteiger partial charge in [0.25, 0.3) is 0 Å². The molecule has 1 heterocycles. The molecule has 1 aromatic heterocycles. The standard InChI is InChI=1S/C16H21N5O2S/c1-3-11-5-7-12(8-6-11)15-19-16(21-20-15)24-10-14(23)18-9-13(22)17-4-2/h5-8H,3-4,9-10H2,1-2H3,(H,17,22)(H,18,23)(H,19,20,21). The van der Waals surface area contributed by atoms with Crippen molar-refractivity contribution in [2.45, 2.75) is 25.4 Å².